The molecule has 5 nitrogen and oxygen atoms in total. The Hall–Kier alpha value is -2.09. The second-order valence-corrected chi connectivity index (χ2v) is 5.09. The number of amides is 1. The molecule has 1 aromatic carbocycles. The van der Waals surface area contributed by atoms with Gasteiger partial charge >= 0.3 is 12.1 Å². The highest BCUT2D eigenvalue weighted by molar-refractivity contribution is 5.92. The van der Waals surface area contributed by atoms with Crippen molar-refractivity contribution >= 4 is 17.6 Å². The number of carboxylic acid groups (broad SMARTS) is 1. The van der Waals surface area contributed by atoms with Gasteiger partial charge < -0.3 is 10.4 Å². The van der Waals surface area contributed by atoms with E-state index in [4.69, 9.17) is 5.11 Å². The van der Waals surface area contributed by atoms with Gasteiger partial charge in [0, 0.05) is 5.69 Å². The van der Waals surface area contributed by atoms with Crippen molar-refractivity contribution in [3.63, 3.8) is 0 Å². The number of hydrogen-bond acceptors (Lipinski definition) is 3. The molecule has 120 valence electrons. The molecule has 8 heteroatoms. The Bertz CT molecular complexity index is 575. The van der Waals surface area contributed by atoms with Crippen LogP contribution in [-0.4, -0.2) is 41.0 Å². The Morgan fingerprint density at radius 3 is 2.73 bits per heavy atom. The van der Waals surface area contributed by atoms with Crippen molar-refractivity contribution in [2.45, 2.75) is 25.1 Å². The first kappa shape index (κ1) is 16.3. The lowest BCUT2D eigenvalue weighted by Gasteiger charge is -2.20. The van der Waals surface area contributed by atoms with E-state index in [1.54, 1.807) is 0 Å². The number of likely N-dealkylation sites (tertiary alicyclic amines) is 1. The summed E-state index contributed by atoms with van der Waals surface area (Å²) in [4.78, 5) is 24.4. The minimum Gasteiger partial charge on any atom is -0.480 e. The Morgan fingerprint density at radius 2 is 2.09 bits per heavy atom. The minimum atomic E-state index is -4.48. The van der Waals surface area contributed by atoms with Gasteiger partial charge in [-0.25, -0.2) is 0 Å². The number of rotatable bonds is 4. The molecule has 1 aliphatic heterocycles. The third-order valence-electron chi connectivity index (χ3n) is 3.47. The largest absolute Gasteiger partial charge is 0.480 e. The van der Waals surface area contributed by atoms with E-state index in [0.717, 1.165) is 12.1 Å². The Labute approximate surface area is 124 Å². The molecule has 22 heavy (non-hydrogen) atoms. The van der Waals surface area contributed by atoms with E-state index in [-0.39, 0.29) is 12.2 Å². The molecule has 0 unspecified atom stereocenters. The Kier molecular flexibility index (Phi) is 4.70. The summed E-state index contributed by atoms with van der Waals surface area (Å²) in [6.07, 6.45) is -3.34. The van der Waals surface area contributed by atoms with Crippen molar-refractivity contribution in [2.24, 2.45) is 0 Å². The number of nitrogens with one attached hydrogen (secondary N) is 1. The first-order valence-corrected chi connectivity index (χ1v) is 6.71. The van der Waals surface area contributed by atoms with E-state index in [1.807, 2.05) is 0 Å². The van der Waals surface area contributed by atoms with E-state index in [1.165, 1.54) is 17.0 Å². The van der Waals surface area contributed by atoms with Crippen LogP contribution in [0.4, 0.5) is 18.9 Å². The number of nitrogens with zero attached hydrogens (tertiary/aromatic N) is 1. The van der Waals surface area contributed by atoms with Crippen LogP contribution in [0.2, 0.25) is 0 Å². The zero-order valence-electron chi connectivity index (χ0n) is 11.6. The third kappa shape index (κ3) is 3.97. The summed E-state index contributed by atoms with van der Waals surface area (Å²) in [7, 11) is 0. The highest BCUT2D eigenvalue weighted by atomic mass is 19.4. The zero-order valence-corrected chi connectivity index (χ0v) is 11.6. The summed E-state index contributed by atoms with van der Waals surface area (Å²) in [5, 5.41) is 11.4. The van der Waals surface area contributed by atoms with Crippen molar-refractivity contribution in [2.75, 3.05) is 18.4 Å². The van der Waals surface area contributed by atoms with Crippen molar-refractivity contribution in [3.8, 4) is 0 Å². The maximum Gasteiger partial charge on any atom is 0.416 e. The predicted octanol–water partition coefficient (Wildman–Crippen LogP) is 2.19. The summed E-state index contributed by atoms with van der Waals surface area (Å²) in [5.74, 6) is -1.53. The van der Waals surface area contributed by atoms with Crippen molar-refractivity contribution in [3.05, 3.63) is 29.8 Å². The molecular formula is C14H15F3N2O3. The fourth-order valence-electron chi connectivity index (χ4n) is 2.45. The van der Waals surface area contributed by atoms with Crippen LogP contribution in [0.3, 0.4) is 0 Å². The van der Waals surface area contributed by atoms with Crippen LogP contribution in [0.5, 0.6) is 0 Å². The zero-order chi connectivity index (χ0) is 16.3. The maximum absolute atomic E-state index is 12.6. The van der Waals surface area contributed by atoms with Crippen LogP contribution in [0.15, 0.2) is 24.3 Å². The van der Waals surface area contributed by atoms with Gasteiger partial charge in [-0.3, -0.25) is 14.5 Å². The number of hydrogen-bond donors (Lipinski definition) is 2. The van der Waals surface area contributed by atoms with Gasteiger partial charge in [0.2, 0.25) is 5.91 Å². The van der Waals surface area contributed by atoms with E-state index in [9.17, 15) is 22.8 Å². The normalized spacial score (nSPS) is 19.1. The molecule has 1 aliphatic rings. The van der Waals surface area contributed by atoms with Crippen LogP contribution >= 0.6 is 0 Å². The molecule has 0 aliphatic carbocycles. The summed E-state index contributed by atoms with van der Waals surface area (Å²) in [6.45, 7) is 0.320. The number of carboxylic acids is 1. The van der Waals surface area contributed by atoms with Gasteiger partial charge in [-0.2, -0.15) is 13.2 Å². The number of halogens is 3. The lowest BCUT2D eigenvalue weighted by Crippen LogP contribution is -2.40. The van der Waals surface area contributed by atoms with Crippen molar-refractivity contribution < 1.29 is 27.9 Å². The van der Waals surface area contributed by atoms with Gasteiger partial charge in [-0.15, -0.1) is 0 Å². The maximum atomic E-state index is 12.6. The summed E-state index contributed by atoms with van der Waals surface area (Å²) in [5.41, 5.74) is -0.819. The van der Waals surface area contributed by atoms with Gasteiger partial charge in [0.25, 0.3) is 0 Å². The van der Waals surface area contributed by atoms with Crippen LogP contribution in [0.1, 0.15) is 18.4 Å². The predicted molar refractivity (Wildman–Crippen MR) is 72.3 cm³/mol. The molecule has 1 aromatic rings. The monoisotopic (exact) mass is 316 g/mol. The van der Waals surface area contributed by atoms with Crippen molar-refractivity contribution in [1.82, 2.24) is 4.90 Å². The molecule has 0 spiro atoms. The molecule has 0 aromatic heterocycles. The third-order valence-corrected chi connectivity index (χ3v) is 3.47. The minimum absolute atomic E-state index is 0.0332. The van der Waals surface area contributed by atoms with Crippen LogP contribution in [0, 0.1) is 0 Å². The first-order chi connectivity index (χ1) is 10.3. The molecule has 1 atom stereocenters. The molecule has 1 saturated heterocycles. The number of alkyl halides is 3. The van der Waals surface area contributed by atoms with E-state index in [0.29, 0.717) is 19.4 Å². The van der Waals surface area contributed by atoms with Gasteiger partial charge in [-0.1, -0.05) is 6.07 Å². The summed E-state index contributed by atoms with van der Waals surface area (Å²) in [6, 6.07) is 3.60. The van der Waals surface area contributed by atoms with Gasteiger partial charge in [-0.05, 0) is 37.6 Å². The molecule has 0 saturated carbocycles. The van der Waals surface area contributed by atoms with Gasteiger partial charge in [0.1, 0.15) is 6.04 Å². The van der Waals surface area contributed by atoms with Gasteiger partial charge in [0.15, 0.2) is 0 Å². The standard InChI is InChI=1S/C14H15F3N2O3/c15-14(16,17)9-3-1-4-10(7-9)18-12(20)8-19-6-2-5-11(19)13(21)22/h1,3-4,7,11H,2,5-6,8H2,(H,18,20)(H,21,22)/t11-/m1/s1. The fraction of sp³-hybridized carbons (Fsp3) is 0.429. The van der Waals surface area contributed by atoms with Crippen LogP contribution in [0.25, 0.3) is 0 Å². The Morgan fingerprint density at radius 1 is 1.36 bits per heavy atom. The average Bonchev–Trinajstić information content (AvgIpc) is 2.86. The number of anilines is 1. The second kappa shape index (κ2) is 6.35. The number of benzene rings is 1. The molecular weight excluding hydrogens is 301 g/mol. The molecule has 1 fully saturated rings. The summed E-state index contributed by atoms with van der Waals surface area (Å²) >= 11 is 0. The van der Waals surface area contributed by atoms with Crippen LogP contribution in [-0.2, 0) is 15.8 Å². The molecule has 0 radical (unpaired) electrons. The van der Waals surface area contributed by atoms with Crippen LogP contribution < -0.4 is 5.32 Å². The smallest absolute Gasteiger partial charge is 0.416 e. The lowest BCUT2D eigenvalue weighted by atomic mass is 10.2. The molecule has 1 amide bonds. The first-order valence-electron chi connectivity index (χ1n) is 6.71. The van der Waals surface area contributed by atoms with Crippen molar-refractivity contribution in [1.29, 1.82) is 0 Å². The molecule has 2 N–H and O–H groups in total. The lowest BCUT2D eigenvalue weighted by molar-refractivity contribution is -0.142. The van der Waals surface area contributed by atoms with E-state index >= 15 is 0 Å². The SMILES string of the molecule is O=C(CN1CCC[C@@H]1C(=O)O)Nc1cccc(C(F)(F)F)c1. The number of carbonyl (C=O) groups is 2. The van der Waals surface area contributed by atoms with E-state index in [2.05, 4.69) is 5.32 Å². The number of carbonyl (C=O) groups excluding carboxylic acids is 1. The highest BCUT2D eigenvalue weighted by Gasteiger charge is 2.32. The van der Waals surface area contributed by atoms with Gasteiger partial charge in [0.05, 0.1) is 12.1 Å². The highest BCUT2D eigenvalue weighted by Crippen LogP contribution is 2.30. The molecule has 1 heterocycles. The quantitative estimate of drug-likeness (QED) is 0.893. The summed E-state index contributed by atoms with van der Waals surface area (Å²) < 4.78 is 37.8. The fourth-order valence-corrected chi connectivity index (χ4v) is 2.45. The topological polar surface area (TPSA) is 69.6 Å². The average molecular weight is 316 g/mol. The Balaban J connectivity index is 1.99. The molecule has 2 rings (SSSR count). The second-order valence-electron chi connectivity index (χ2n) is 5.09. The molecule has 0 bridgehead atoms. The number of aliphatic carboxylic acids is 1. The van der Waals surface area contributed by atoms with E-state index < -0.39 is 29.7 Å².